The van der Waals surface area contributed by atoms with Crippen molar-refractivity contribution < 1.29 is 26.3 Å². The van der Waals surface area contributed by atoms with Crippen LogP contribution in [0.25, 0.3) is 11.0 Å². The number of halogens is 3. The van der Waals surface area contributed by atoms with Crippen molar-refractivity contribution in [2.75, 3.05) is 24.8 Å². The van der Waals surface area contributed by atoms with E-state index in [4.69, 9.17) is 4.74 Å². The number of fused-ring (bicyclic) bond motifs is 1. The molecule has 12 heteroatoms. The average molecular weight is 455 g/mol. The van der Waals surface area contributed by atoms with Crippen LogP contribution in [0.3, 0.4) is 0 Å². The zero-order valence-corrected chi connectivity index (χ0v) is 17.5. The van der Waals surface area contributed by atoms with Gasteiger partial charge in [-0.05, 0) is 30.9 Å². The number of nitrogens with one attached hydrogen (secondary N) is 1. The lowest BCUT2D eigenvalue weighted by Gasteiger charge is -2.41. The molecule has 1 N–H and O–H groups in total. The molecule has 0 unspecified atom stereocenters. The number of H-pyrrole nitrogens is 1. The molecule has 3 aromatic heterocycles. The molecular weight excluding hydrogens is 435 g/mol. The van der Waals surface area contributed by atoms with Crippen molar-refractivity contribution in [2.24, 2.45) is 5.92 Å². The molecule has 1 aliphatic rings. The smallest absolute Gasteiger partial charge is 0.434 e. The first-order valence-corrected chi connectivity index (χ1v) is 11.1. The van der Waals surface area contributed by atoms with E-state index in [-0.39, 0.29) is 23.6 Å². The quantitative estimate of drug-likeness (QED) is 0.610. The summed E-state index contributed by atoms with van der Waals surface area (Å²) in [5, 5.41) is 0.847. The van der Waals surface area contributed by atoms with Crippen molar-refractivity contribution in [3.63, 3.8) is 0 Å². The molecule has 3 aromatic rings. The number of aromatic amines is 1. The second-order valence-electron chi connectivity index (χ2n) is 7.52. The Morgan fingerprint density at radius 1 is 1.23 bits per heavy atom. The van der Waals surface area contributed by atoms with Crippen LogP contribution in [0, 0.1) is 5.92 Å². The molecule has 166 valence electrons. The predicted molar refractivity (Wildman–Crippen MR) is 107 cm³/mol. The fraction of sp³-hybridized carbons (Fsp3) is 0.421. The third-order valence-electron chi connectivity index (χ3n) is 5.53. The van der Waals surface area contributed by atoms with Gasteiger partial charge in [0.15, 0.2) is 15.5 Å². The maximum atomic E-state index is 13.4. The molecule has 4 rings (SSSR count). The standard InChI is InChI=1S/C19H20F3N5O3S/c1-27(18-13-5-6-23-17(13)24-10-25-18)12-7-11(8-12)9-31(28,29)14-3-4-15(30-2)26-16(14)19(20,21)22/h3-6,10-12H,7-9H2,1-2H3,(H,23,24,25). The largest absolute Gasteiger partial charge is 0.481 e. The summed E-state index contributed by atoms with van der Waals surface area (Å²) in [6.45, 7) is 0. The van der Waals surface area contributed by atoms with E-state index in [1.54, 1.807) is 6.20 Å². The lowest BCUT2D eigenvalue weighted by molar-refractivity contribution is -0.143. The van der Waals surface area contributed by atoms with Crippen molar-refractivity contribution in [2.45, 2.75) is 30.0 Å². The van der Waals surface area contributed by atoms with Crippen LogP contribution >= 0.6 is 0 Å². The Hall–Kier alpha value is -2.89. The first-order valence-electron chi connectivity index (χ1n) is 9.46. The molecule has 0 atom stereocenters. The van der Waals surface area contributed by atoms with Gasteiger partial charge in [-0.25, -0.2) is 23.4 Å². The molecule has 1 saturated carbocycles. The Balaban J connectivity index is 1.49. The van der Waals surface area contributed by atoms with Gasteiger partial charge in [-0.1, -0.05) is 0 Å². The zero-order valence-electron chi connectivity index (χ0n) is 16.7. The first kappa shape index (κ1) is 21.3. The van der Waals surface area contributed by atoms with E-state index in [0.29, 0.717) is 18.5 Å². The van der Waals surface area contributed by atoms with Gasteiger partial charge < -0.3 is 14.6 Å². The van der Waals surface area contributed by atoms with Crippen LogP contribution in [0.5, 0.6) is 5.88 Å². The number of alkyl halides is 3. The van der Waals surface area contributed by atoms with Crippen LogP contribution in [0.15, 0.2) is 35.6 Å². The Kier molecular flexibility index (Phi) is 5.28. The molecule has 0 aliphatic heterocycles. The summed E-state index contributed by atoms with van der Waals surface area (Å²) in [7, 11) is -1.16. The second-order valence-corrected chi connectivity index (χ2v) is 9.52. The molecule has 1 fully saturated rings. The van der Waals surface area contributed by atoms with E-state index in [2.05, 4.69) is 19.9 Å². The average Bonchev–Trinajstić information content (AvgIpc) is 3.17. The van der Waals surface area contributed by atoms with Crippen LogP contribution in [-0.4, -0.2) is 54.3 Å². The maximum Gasteiger partial charge on any atom is 0.434 e. The monoisotopic (exact) mass is 455 g/mol. The summed E-state index contributed by atoms with van der Waals surface area (Å²) in [5.41, 5.74) is -0.752. The second kappa shape index (κ2) is 7.66. The van der Waals surface area contributed by atoms with Gasteiger partial charge >= 0.3 is 6.18 Å². The fourth-order valence-electron chi connectivity index (χ4n) is 3.86. The van der Waals surface area contributed by atoms with E-state index >= 15 is 0 Å². The number of hydrogen-bond donors (Lipinski definition) is 1. The van der Waals surface area contributed by atoms with E-state index < -0.39 is 26.6 Å². The third-order valence-corrected chi connectivity index (χ3v) is 7.44. The summed E-state index contributed by atoms with van der Waals surface area (Å²) in [6, 6.07) is 3.92. The van der Waals surface area contributed by atoms with Gasteiger partial charge in [-0.2, -0.15) is 13.2 Å². The molecule has 3 heterocycles. The molecule has 0 spiro atoms. The number of rotatable bonds is 6. The topological polar surface area (TPSA) is 101 Å². The fourth-order valence-corrected chi connectivity index (χ4v) is 5.67. The van der Waals surface area contributed by atoms with Crippen LogP contribution in [-0.2, 0) is 16.0 Å². The number of anilines is 1. The van der Waals surface area contributed by atoms with Gasteiger partial charge in [0.25, 0.3) is 0 Å². The SMILES string of the molecule is COc1ccc(S(=O)(=O)CC2CC(N(C)c3ncnc4[nH]ccc34)C2)c(C(F)(F)F)n1. The molecule has 0 aromatic carbocycles. The van der Waals surface area contributed by atoms with Gasteiger partial charge in [0.1, 0.15) is 17.8 Å². The van der Waals surface area contributed by atoms with Gasteiger partial charge in [-0.15, -0.1) is 0 Å². The van der Waals surface area contributed by atoms with Gasteiger partial charge in [0, 0.05) is 25.4 Å². The third kappa shape index (κ3) is 4.03. The summed E-state index contributed by atoms with van der Waals surface area (Å²) >= 11 is 0. The molecule has 0 bridgehead atoms. The lowest BCUT2D eigenvalue weighted by atomic mass is 9.81. The van der Waals surface area contributed by atoms with Crippen molar-refractivity contribution in [1.29, 1.82) is 0 Å². The number of hydrogen-bond acceptors (Lipinski definition) is 7. The minimum atomic E-state index is -4.91. The number of nitrogens with zero attached hydrogens (tertiary/aromatic N) is 4. The van der Waals surface area contributed by atoms with E-state index in [0.717, 1.165) is 23.3 Å². The van der Waals surface area contributed by atoms with Crippen molar-refractivity contribution in [1.82, 2.24) is 19.9 Å². The summed E-state index contributed by atoms with van der Waals surface area (Å²) in [5.74, 6) is -0.212. The molecular formula is C19H20F3N5O3S. The van der Waals surface area contributed by atoms with Gasteiger partial charge in [0.2, 0.25) is 5.88 Å². The van der Waals surface area contributed by atoms with Gasteiger partial charge in [0.05, 0.1) is 23.1 Å². The Morgan fingerprint density at radius 3 is 2.65 bits per heavy atom. The Bertz CT molecular complexity index is 1210. The number of aromatic nitrogens is 4. The summed E-state index contributed by atoms with van der Waals surface area (Å²) in [6.07, 6.45) is -0.657. The molecule has 0 amide bonds. The molecule has 0 saturated heterocycles. The highest BCUT2D eigenvalue weighted by Gasteiger charge is 2.42. The normalized spacial score (nSPS) is 19.3. The van der Waals surface area contributed by atoms with Crippen LogP contribution < -0.4 is 9.64 Å². The highest BCUT2D eigenvalue weighted by atomic mass is 32.2. The number of methoxy groups -OCH3 is 1. The summed E-state index contributed by atoms with van der Waals surface area (Å²) < 4.78 is 70.4. The Labute approximate surface area is 176 Å². The number of ether oxygens (including phenoxy) is 1. The van der Waals surface area contributed by atoms with Gasteiger partial charge in [-0.3, -0.25) is 0 Å². The summed E-state index contributed by atoms with van der Waals surface area (Å²) in [4.78, 5) is 15.9. The van der Waals surface area contributed by atoms with E-state index in [1.807, 2.05) is 18.0 Å². The minimum Gasteiger partial charge on any atom is -0.481 e. The van der Waals surface area contributed by atoms with E-state index in [1.165, 1.54) is 13.4 Å². The number of pyridine rings is 1. The highest BCUT2D eigenvalue weighted by Crippen LogP contribution is 2.39. The highest BCUT2D eigenvalue weighted by molar-refractivity contribution is 7.91. The molecule has 0 radical (unpaired) electrons. The van der Waals surface area contributed by atoms with Crippen LogP contribution in [0.2, 0.25) is 0 Å². The molecule has 31 heavy (non-hydrogen) atoms. The minimum absolute atomic E-state index is 0.0317. The molecule has 1 aliphatic carbocycles. The zero-order chi connectivity index (χ0) is 22.4. The number of sulfone groups is 1. The van der Waals surface area contributed by atoms with Crippen molar-refractivity contribution >= 4 is 26.7 Å². The predicted octanol–water partition coefficient (Wildman–Crippen LogP) is 3.07. The Morgan fingerprint density at radius 2 is 1.97 bits per heavy atom. The van der Waals surface area contributed by atoms with Crippen molar-refractivity contribution in [3.05, 3.63) is 36.4 Å². The van der Waals surface area contributed by atoms with Crippen molar-refractivity contribution in [3.8, 4) is 5.88 Å². The van der Waals surface area contributed by atoms with E-state index in [9.17, 15) is 21.6 Å². The molecule has 8 nitrogen and oxygen atoms in total. The first-order chi connectivity index (χ1) is 14.6. The maximum absolute atomic E-state index is 13.4. The lowest BCUT2D eigenvalue weighted by Crippen LogP contribution is -2.45. The van der Waals surface area contributed by atoms with Crippen LogP contribution in [0.4, 0.5) is 19.0 Å². The van der Waals surface area contributed by atoms with Crippen LogP contribution in [0.1, 0.15) is 18.5 Å².